The molecule has 128 valence electrons. The maximum Gasteiger partial charge on any atom is 0.271 e. The molecule has 24 heavy (non-hydrogen) atoms. The van der Waals surface area contributed by atoms with Crippen molar-refractivity contribution in [3.8, 4) is 0 Å². The summed E-state index contributed by atoms with van der Waals surface area (Å²) in [6.45, 7) is 4.49. The number of piperidine rings is 1. The molecule has 1 aliphatic heterocycles. The minimum absolute atomic E-state index is 0.131. The second-order valence-electron chi connectivity index (χ2n) is 5.97. The molecule has 3 rings (SSSR count). The van der Waals surface area contributed by atoms with Crippen molar-refractivity contribution in [2.75, 3.05) is 16.2 Å². The van der Waals surface area contributed by atoms with Gasteiger partial charge in [-0.15, -0.1) is 11.3 Å². The normalized spacial score (nSPS) is 15.6. The number of hydrogen-bond acceptors (Lipinski definition) is 4. The Kier molecular flexibility index (Phi) is 4.64. The fourth-order valence-electron chi connectivity index (χ4n) is 2.84. The van der Waals surface area contributed by atoms with Gasteiger partial charge in [-0.2, -0.15) is 0 Å². The molecular formula is C17H20N2O3S2. The van der Waals surface area contributed by atoms with Gasteiger partial charge in [0.25, 0.3) is 10.0 Å². The van der Waals surface area contributed by atoms with Crippen molar-refractivity contribution in [1.29, 1.82) is 0 Å². The van der Waals surface area contributed by atoms with Crippen molar-refractivity contribution in [3.05, 3.63) is 40.8 Å². The van der Waals surface area contributed by atoms with Crippen LogP contribution in [-0.2, 0) is 14.8 Å². The van der Waals surface area contributed by atoms with Gasteiger partial charge < -0.3 is 4.90 Å². The Morgan fingerprint density at radius 2 is 1.92 bits per heavy atom. The monoisotopic (exact) mass is 364 g/mol. The molecule has 0 saturated carbocycles. The number of amides is 1. The maximum atomic E-state index is 12.4. The molecule has 5 nitrogen and oxygen atoms in total. The van der Waals surface area contributed by atoms with Gasteiger partial charge in [0.15, 0.2) is 0 Å². The van der Waals surface area contributed by atoms with E-state index in [-0.39, 0.29) is 5.91 Å². The standard InChI is InChI=1S/C17H20N2O3S2/c1-12-11-14(18-24(21,22)17-9-6-13(2)23-17)7-8-15(12)19-10-4-3-5-16(19)20/h6-9,11,18H,3-5,10H2,1-2H3. The fourth-order valence-corrected chi connectivity index (χ4v) is 5.18. The van der Waals surface area contributed by atoms with Crippen LogP contribution >= 0.6 is 11.3 Å². The largest absolute Gasteiger partial charge is 0.312 e. The summed E-state index contributed by atoms with van der Waals surface area (Å²) >= 11 is 1.24. The average molecular weight is 364 g/mol. The Hall–Kier alpha value is -1.86. The van der Waals surface area contributed by atoms with Crippen LogP contribution in [0.3, 0.4) is 0 Å². The first-order chi connectivity index (χ1) is 11.4. The van der Waals surface area contributed by atoms with Gasteiger partial charge in [0, 0.05) is 29.2 Å². The molecule has 0 aliphatic carbocycles. The zero-order valence-corrected chi connectivity index (χ0v) is 15.3. The quantitative estimate of drug-likeness (QED) is 0.900. The van der Waals surface area contributed by atoms with Crippen LogP contribution in [0.1, 0.15) is 29.7 Å². The number of rotatable bonds is 4. The molecule has 0 bridgehead atoms. The van der Waals surface area contributed by atoms with Gasteiger partial charge in [-0.3, -0.25) is 9.52 Å². The highest BCUT2D eigenvalue weighted by Gasteiger charge is 2.22. The molecule has 0 spiro atoms. The number of aryl methyl sites for hydroxylation is 2. The molecule has 1 aliphatic rings. The van der Waals surface area contributed by atoms with E-state index >= 15 is 0 Å². The van der Waals surface area contributed by atoms with Crippen LogP contribution < -0.4 is 9.62 Å². The third kappa shape index (κ3) is 3.47. The van der Waals surface area contributed by atoms with E-state index in [0.29, 0.717) is 16.3 Å². The van der Waals surface area contributed by atoms with Crippen LogP contribution in [0.15, 0.2) is 34.5 Å². The molecule has 1 N–H and O–H groups in total. The van der Waals surface area contributed by atoms with Crippen LogP contribution in [0.25, 0.3) is 0 Å². The summed E-state index contributed by atoms with van der Waals surface area (Å²) < 4.78 is 27.7. The summed E-state index contributed by atoms with van der Waals surface area (Å²) in [5, 5.41) is 0. The molecule has 1 fully saturated rings. The second kappa shape index (κ2) is 6.57. The van der Waals surface area contributed by atoms with Crippen molar-refractivity contribution in [3.63, 3.8) is 0 Å². The molecule has 0 unspecified atom stereocenters. The van der Waals surface area contributed by atoms with Crippen LogP contribution in [0.4, 0.5) is 11.4 Å². The SMILES string of the molecule is Cc1ccc(S(=O)(=O)Nc2ccc(N3CCCCC3=O)c(C)c2)s1. The van der Waals surface area contributed by atoms with Crippen molar-refractivity contribution in [2.45, 2.75) is 37.3 Å². The minimum atomic E-state index is -3.57. The third-order valence-electron chi connectivity index (χ3n) is 4.04. The van der Waals surface area contributed by atoms with Crippen LogP contribution in [-0.4, -0.2) is 20.9 Å². The number of nitrogens with one attached hydrogen (secondary N) is 1. The molecule has 1 aromatic heterocycles. The van der Waals surface area contributed by atoms with Gasteiger partial charge in [-0.25, -0.2) is 8.42 Å². The van der Waals surface area contributed by atoms with Crippen LogP contribution in [0, 0.1) is 13.8 Å². The molecule has 1 saturated heterocycles. The Bertz CT molecular complexity index is 872. The molecular weight excluding hydrogens is 344 g/mol. The highest BCUT2D eigenvalue weighted by atomic mass is 32.2. The van der Waals surface area contributed by atoms with Gasteiger partial charge in [-0.1, -0.05) is 0 Å². The smallest absolute Gasteiger partial charge is 0.271 e. The summed E-state index contributed by atoms with van der Waals surface area (Å²) in [6, 6.07) is 8.69. The summed E-state index contributed by atoms with van der Waals surface area (Å²) in [7, 11) is -3.57. The van der Waals surface area contributed by atoms with E-state index in [0.717, 1.165) is 35.5 Å². The lowest BCUT2D eigenvalue weighted by Crippen LogP contribution is -2.35. The molecule has 2 heterocycles. The first-order valence-corrected chi connectivity index (χ1v) is 10.2. The van der Waals surface area contributed by atoms with Crippen molar-refractivity contribution in [2.24, 2.45) is 0 Å². The first kappa shape index (κ1) is 17.0. The summed E-state index contributed by atoms with van der Waals surface area (Å²) in [6.07, 6.45) is 2.51. The number of carbonyl (C=O) groups excluding carboxylic acids is 1. The van der Waals surface area contributed by atoms with E-state index in [1.165, 1.54) is 11.3 Å². The second-order valence-corrected chi connectivity index (χ2v) is 9.17. The number of carbonyl (C=O) groups is 1. The van der Waals surface area contributed by atoms with E-state index < -0.39 is 10.0 Å². The van der Waals surface area contributed by atoms with Crippen LogP contribution in [0.5, 0.6) is 0 Å². The first-order valence-electron chi connectivity index (χ1n) is 7.87. The van der Waals surface area contributed by atoms with Crippen molar-refractivity contribution in [1.82, 2.24) is 0 Å². The predicted molar refractivity (Wildman–Crippen MR) is 97.2 cm³/mol. The molecule has 0 radical (unpaired) electrons. The van der Waals surface area contributed by atoms with E-state index in [4.69, 9.17) is 0 Å². The van der Waals surface area contributed by atoms with E-state index in [9.17, 15) is 13.2 Å². The highest BCUT2D eigenvalue weighted by Crippen LogP contribution is 2.29. The molecule has 0 atom stereocenters. The van der Waals surface area contributed by atoms with E-state index in [2.05, 4.69) is 4.72 Å². The number of benzene rings is 1. The molecule has 1 aromatic carbocycles. The van der Waals surface area contributed by atoms with Gasteiger partial charge in [0.1, 0.15) is 4.21 Å². The predicted octanol–water partition coefficient (Wildman–Crippen LogP) is 3.68. The van der Waals surface area contributed by atoms with Gasteiger partial charge in [0.2, 0.25) is 5.91 Å². The number of anilines is 2. The lowest BCUT2D eigenvalue weighted by Gasteiger charge is -2.28. The summed E-state index contributed by atoms with van der Waals surface area (Å²) in [5.74, 6) is 0.131. The van der Waals surface area contributed by atoms with Crippen molar-refractivity contribution < 1.29 is 13.2 Å². The zero-order valence-electron chi connectivity index (χ0n) is 13.7. The minimum Gasteiger partial charge on any atom is -0.312 e. The number of hydrogen-bond donors (Lipinski definition) is 1. The number of thiophene rings is 1. The average Bonchev–Trinajstić information content (AvgIpc) is 2.96. The fraction of sp³-hybridized carbons (Fsp3) is 0.353. The van der Waals surface area contributed by atoms with E-state index in [1.807, 2.05) is 19.9 Å². The van der Waals surface area contributed by atoms with Crippen LogP contribution in [0.2, 0.25) is 0 Å². The lowest BCUT2D eigenvalue weighted by molar-refractivity contribution is -0.119. The van der Waals surface area contributed by atoms with Gasteiger partial charge in [-0.05, 0) is 62.6 Å². The molecule has 1 amide bonds. The Labute approximate surface area is 146 Å². The topological polar surface area (TPSA) is 66.5 Å². The third-order valence-corrected chi connectivity index (χ3v) is 6.92. The Morgan fingerprint density at radius 3 is 2.54 bits per heavy atom. The summed E-state index contributed by atoms with van der Waals surface area (Å²) in [5.41, 5.74) is 2.24. The van der Waals surface area contributed by atoms with Gasteiger partial charge >= 0.3 is 0 Å². The van der Waals surface area contributed by atoms with E-state index in [1.54, 1.807) is 29.2 Å². The number of sulfonamides is 1. The van der Waals surface area contributed by atoms with Crippen molar-refractivity contribution >= 4 is 38.6 Å². The molecule has 2 aromatic rings. The molecule has 7 heteroatoms. The highest BCUT2D eigenvalue weighted by molar-refractivity contribution is 7.94. The Balaban J connectivity index is 1.83. The Morgan fingerprint density at radius 1 is 1.12 bits per heavy atom. The number of nitrogens with zero attached hydrogens (tertiary/aromatic N) is 1. The zero-order chi connectivity index (χ0) is 17.3. The maximum absolute atomic E-state index is 12.4. The van der Waals surface area contributed by atoms with Gasteiger partial charge in [0.05, 0.1) is 0 Å². The summed E-state index contributed by atoms with van der Waals surface area (Å²) in [4.78, 5) is 14.8. The lowest BCUT2D eigenvalue weighted by atomic mass is 10.1.